The van der Waals surface area contributed by atoms with Gasteiger partial charge in [-0.15, -0.1) is 0 Å². The van der Waals surface area contributed by atoms with E-state index < -0.39 is 0 Å². The Kier molecular flexibility index (Phi) is 3.84. The van der Waals surface area contributed by atoms with Crippen LogP contribution in [0, 0.1) is 0 Å². The van der Waals surface area contributed by atoms with Gasteiger partial charge in [-0.2, -0.15) is 0 Å². The van der Waals surface area contributed by atoms with Crippen molar-refractivity contribution in [1.82, 2.24) is 15.6 Å². The third kappa shape index (κ3) is 2.97. The zero-order valence-corrected chi connectivity index (χ0v) is 8.90. The fourth-order valence-corrected chi connectivity index (χ4v) is 1.55. The molecule has 0 radical (unpaired) electrons. The lowest BCUT2D eigenvalue weighted by molar-refractivity contribution is -0.122. The molecule has 1 heterocycles. The molecule has 1 rings (SSSR count). The number of amides is 1. The minimum atomic E-state index is -0.261. The SMILES string of the molecule is CNC(=O)C(C)NCc1csc(=O)[nH]1. The number of aromatic nitrogens is 1. The predicted molar refractivity (Wildman–Crippen MR) is 55.3 cm³/mol. The highest BCUT2D eigenvalue weighted by atomic mass is 32.1. The molecule has 1 atom stereocenters. The van der Waals surface area contributed by atoms with Crippen molar-refractivity contribution in [2.75, 3.05) is 7.05 Å². The Morgan fingerprint density at radius 1 is 1.71 bits per heavy atom. The molecule has 1 unspecified atom stereocenters. The number of nitrogens with one attached hydrogen (secondary N) is 3. The van der Waals surface area contributed by atoms with Gasteiger partial charge in [-0.25, -0.2) is 0 Å². The third-order valence-electron chi connectivity index (χ3n) is 1.81. The van der Waals surface area contributed by atoms with Crippen molar-refractivity contribution < 1.29 is 4.79 Å². The molecule has 6 heteroatoms. The molecule has 0 aliphatic rings. The molecule has 78 valence electrons. The molecule has 0 bridgehead atoms. The number of H-pyrrole nitrogens is 1. The second-order valence-corrected chi connectivity index (χ2v) is 3.73. The number of thiazole rings is 1. The maximum atomic E-state index is 11.1. The van der Waals surface area contributed by atoms with Gasteiger partial charge < -0.3 is 15.6 Å². The van der Waals surface area contributed by atoms with Crippen molar-refractivity contribution in [3.05, 3.63) is 20.7 Å². The summed E-state index contributed by atoms with van der Waals surface area (Å²) < 4.78 is 0. The normalized spacial score (nSPS) is 12.4. The van der Waals surface area contributed by atoms with E-state index in [1.54, 1.807) is 19.4 Å². The Bertz CT molecular complexity index is 357. The number of hydrogen-bond acceptors (Lipinski definition) is 4. The second-order valence-electron chi connectivity index (χ2n) is 2.89. The lowest BCUT2D eigenvalue weighted by Crippen LogP contribution is -2.40. The molecule has 0 saturated heterocycles. The van der Waals surface area contributed by atoms with Gasteiger partial charge in [0.2, 0.25) is 5.91 Å². The Hall–Kier alpha value is -1.14. The molecule has 5 nitrogen and oxygen atoms in total. The smallest absolute Gasteiger partial charge is 0.304 e. The Morgan fingerprint density at radius 2 is 2.43 bits per heavy atom. The molecule has 14 heavy (non-hydrogen) atoms. The average Bonchev–Trinajstić information content (AvgIpc) is 2.59. The largest absolute Gasteiger partial charge is 0.358 e. The van der Waals surface area contributed by atoms with E-state index in [1.165, 1.54) is 0 Å². The van der Waals surface area contributed by atoms with Crippen LogP contribution in [0.1, 0.15) is 12.6 Å². The van der Waals surface area contributed by atoms with E-state index in [-0.39, 0.29) is 16.8 Å². The highest BCUT2D eigenvalue weighted by molar-refractivity contribution is 7.07. The van der Waals surface area contributed by atoms with E-state index in [1.807, 2.05) is 0 Å². The van der Waals surface area contributed by atoms with Crippen LogP contribution in [-0.4, -0.2) is 24.0 Å². The summed E-state index contributed by atoms with van der Waals surface area (Å²) in [5.74, 6) is -0.0671. The van der Waals surface area contributed by atoms with Crippen LogP contribution in [0.3, 0.4) is 0 Å². The van der Waals surface area contributed by atoms with Gasteiger partial charge in [0.05, 0.1) is 6.04 Å². The van der Waals surface area contributed by atoms with Crippen LogP contribution in [0.5, 0.6) is 0 Å². The van der Waals surface area contributed by atoms with E-state index >= 15 is 0 Å². The quantitative estimate of drug-likeness (QED) is 0.643. The van der Waals surface area contributed by atoms with Crippen LogP contribution in [0.4, 0.5) is 0 Å². The molecule has 0 saturated carbocycles. The Balaban J connectivity index is 2.41. The van der Waals surface area contributed by atoms with Gasteiger partial charge in [-0.3, -0.25) is 9.59 Å². The van der Waals surface area contributed by atoms with Crippen molar-refractivity contribution in [1.29, 1.82) is 0 Å². The van der Waals surface area contributed by atoms with E-state index in [0.717, 1.165) is 17.0 Å². The summed E-state index contributed by atoms with van der Waals surface area (Å²) in [6.07, 6.45) is 0. The van der Waals surface area contributed by atoms with Gasteiger partial charge in [0.15, 0.2) is 0 Å². The molecule has 1 amide bonds. The molecule has 1 aromatic rings. The lowest BCUT2D eigenvalue weighted by atomic mass is 10.3. The first kappa shape index (κ1) is 10.9. The molecule has 0 aliphatic carbocycles. The maximum Gasteiger partial charge on any atom is 0.304 e. The van der Waals surface area contributed by atoms with E-state index in [0.29, 0.717) is 6.54 Å². The molecule has 0 spiro atoms. The third-order valence-corrected chi connectivity index (χ3v) is 2.53. The van der Waals surface area contributed by atoms with Gasteiger partial charge in [0, 0.05) is 24.7 Å². The van der Waals surface area contributed by atoms with Crippen LogP contribution in [0.25, 0.3) is 0 Å². The molecule has 0 aromatic carbocycles. The van der Waals surface area contributed by atoms with E-state index in [9.17, 15) is 9.59 Å². The predicted octanol–water partition coefficient (Wildman–Crippen LogP) is -0.340. The zero-order chi connectivity index (χ0) is 10.6. The first-order chi connectivity index (χ1) is 6.63. The topological polar surface area (TPSA) is 74.0 Å². The van der Waals surface area contributed by atoms with Crippen molar-refractivity contribution in [3.8, 4) is 0 Å². The number of rotatable bonds is 4. The number of carbonyl (C=O) groups is 1. The van der Waals surface area contributed by atoms with Crippen molar-refractivity contribution in [2.45, 2.75) is 19.5 Å². The van der Waals surface area contributed by atoms with Gasteiger partial charge in [-0.05, 0) is 6.92 Å². The fourth-order valence-electron chi connectivity index (χ4n) is 0.973. The highest BCUT2D eigenvalue weighted by Gasteiger charge is 2.09. The second kappa shape index (κ2) is 4.92. The van der Waals surface area contributed by atoms with Gasteiger partial charge in [0.1, 0.15) is 0 Å². The monoisotopic (exact) mass is 215 g/mol. The van der Waals surface area contributed by atoms with Crippen LogP contribution in [0.2, 0.25) is 0 Å². The zero-order valence-electron chi connectivity index (χ0n) is 8.09. The summed E-state index contributed by atoms with van der Waals surface area (Å²) in [5.41, 5.74) is 0.802. The van der Waals surface area contributed by atoms with E-state index in [4.69, 9.17) is 0 Å². The molecule has 0 aliphatic heterocycles. The average molecular weight is 215 g/mol. The van der Waals surface area contributed by atoms with Crippen molar-refractivity contribution in [2.24, 2.45) is 0 Å². The standard InChI is InChI=1S/C8H13N3O2S/c1-5(7(12)9-2)10-3-6-4-14-8(13)11-6/h4-5,10H,3H2,1-2H3,(H,9,12)(H,11,13). The van der Waals surface area contributed by atoms with Crippen LogP contribution in [-0.2, 0) is 11.3 Å². The summed E-state index contributed by atoms with van der Waals surface area (Å²) in [7, 11) is 1.59. The lowest BCUT2D eigenvalue weighted by Gasteiger charge is -2.10. The summed E-state index contributed by atoms with van der Waals surface area (Å²) in [5, 5.41) is 7.26. The minimum absolute atomic E-state index is 0.0671. The minimum Gasteiger partial charge on any atom is -0.358 e. The van der Waals surface area contributed by atoms with Crippen LogP contribution >= 0.6 is 11.3 Å². The molecule has 1 aromatic heterocycles. The van der Waals surface area contributed by atoms with E-state index in [2.05, 4.69) is 15.6 Å². The Morgan fingerprint density at radius 3 is 2.93 bits per heavy atom. The van der Waals surface area contributed by atoms with Crippen LogP contribution in [0.15, 0.2) is 10.2 Å². The van der Waals surface area contributed by atoms with Crippen molar-refractivity contribution >= 4 is 17.2 Å². The summed E-state index contributed by atoms with van der Waals surface area (Å²) >= 11 is 1.12. The number of likely N-dealkylation sites (N-methyl/N-ethyl adjacent to an activating group) is 1. The molecule has 3 N–H and O–H groups in total. The first-order valence-electron chi connectivity index (χ1n) is 4.25. The summed E-state index contributed by atoms with van der Waals surface area (Å²) in [4.78, 5) is 24.5. The first-order valence-corrected chi connectivity index (χ1v) is 5.13. The number of carbonyl (C=O) groups excluding carboxylic acids is 1. The van der Waals surface area contributed by atoms with Gasteiger partial charge >= 0.3 is 4.87 Å². The van der Waals surface area contributed by atoms with Crippen molar-refractivity contribution in [3.63, 3.8) is 0 Å². The fraction of sp³-hybridized carbons (Fsp3) is 0.500. The highest BCUT2D eigenvalue weighted by Crippen LogP contribution is 1.95. The summed E-state index contributed by atoms with van der Waals surface area (Å²) in [6, 6.07) is -0.261. The maximum absolute atomic E-state index is 11.1. The molecular weight excluding hydrogens is 202 g/mol. The Labute approximate surface area is 85.5 Å². The number of hydrogen-bond donors (Lipinski definition) is 3. The summed E-state index contributed by atoms with van der Waals surface area (Å²) in [6.45, 7) is 2.26. The van der Waals surface area contributed by atoms with Gasteiger partial charge in [-0.1, -0.05) is 11.3 Å². The van der Waals surface area contributed by atoms with Crippen LogP contribution < -0.4 is 15.5 Å². The molecule has 0 fully saturated rings. The van der Waals surface area contributed by atoms with Gasteiger partial charge in [0.25, 0.3) is 0 Å². The number of aromatic amines is 1. The molecular formula is C8H13N3O2S.